The molecule has 0 bridgehead atoms. The summed E-state index contributed by atoms with van der Waals surface area (Å²) in [5.74, 6) is -1.15. The summed E-state index contributed by atoms with van der Waals surface area (Å²) >= 11 is 0. The first-order valence-electron chi connectivity index (χ1n) is 7.91. The molecule has 0 aliphatic heterocycles. The van der Waals surface area contributed by atoms with Gasteiger partial charge in [-0.25, -0.2) is 9.37 Å². The molecule has 2 N–H and O–H groups in total. The van der Waals surface area contributed by atoms with Crippen molar-refractivity contribution in [1.29, 1.82) is 0 Å². The van der Waals surface area contributed by atoms with Gasteiger partial charge in [0.1, 0.15) is 22.9 Å². The van der Waals surface area contributed by atoms with Crippen LogP contribution in [0, 0.1) is 12.7 Å². The number of nitrogens with zero attached hydrogens (tertiary/aromatic N) is 2. The molecule has 7 nitrogen and oxygen atoms in total. The summed E-state index contributed by atoms with van der Waals surface area (Å²) in [5.41, 5.74) is 6.32. The van der Waals surface area contributed by atoms with Crippen LogP contribution in [-0.4, -0.2) is 27.3 Å². The Morgan fingerprint density at radius 3 is 2.58 bits per heavy atom. The number of amides is 2. The minimum absolute atomic E-state index is 0.173. The van der Waals surface area contributed by atoms with Gasteiger partial charge in [0.05, 0.1) is 0 Å². The molecule has 0 spiro atoms. The van der Waals surface area contributed by atoms with Crippen LogP contribution in [-0.2, 0) is 4.79 Å². The zero-order valence-corrected chi connectivity index (χ0v) is 14.2. The first-order chi connectivity index (χ1) is 12.4. The first kappa shape index (κ1) is 17.4. The number of halogens is 1. The van der Waals surface area contributed by atoms with E-state index >= 15 is 0 Å². The molecular formula is C18H17FN4O3. The number of imidazole rings is 1. The van der Waals surface area contributed by atoms with Gasteiger partial charge in [0.2, 0.25) is 0 Å². The smallest absolute Gasteiger partial charge is 0.289 e. The van der Waals surface area contributed by atoms with Crippen LogP contribution in [0.5, 0.6) is 5.75 Å². The zero-order chi connectivity index (χ0) is 18.7. The minimum atomic E-state index is -0.885. The Bertz CT molecular complexity index is 953. The van der Waals surface area contributed by atoms with Crippen molar-refractivity contribution in [2.75, 3.05) is 0 Å². The van der Waals surface area contributed by atoms with Crippen LogP contribution >= 0.6 is 0 Å². The number of carbonyl (C=O) groups excluding carboxylic acids is 2. The molecule has 2 aromatic heterocycles. The van der Waals surface area contributed by atoms with E-state index in [1.54, 1.807) is 16.7 Å². The van der Waals surface area contributed by atoms with Crippen LogP contribution in [0.1, 0.15) is 23.1 Å². The summed E-state index contributed by atoms with van der Waals surface area (Å²) in [6.45, 7) is 3.41. The Kier molecular flexibility index (Phi) is 4.83. The largest absolute Gasteiger partial charge is 0.481 e. The summed E-state index contributed by atoms with van der Waals surface area (Å²) in [6, 6.07) is 10.8. The van der Waals surface area contributed by atoms with Crippen molar-refractivity contribution in [1.82, 2.24) is 20.2 Å². The number of hydrogen-bond donors (Lipinski definition) is 2. The number of hydrazine groups is 1. The van der Waals surface area contributed by atoms with E-state index in [-0.39, 0.29) is 5.69 Å². The number of rotatable bonds is 4. The molecule has 0 aliphatic carbocycles. The Morgan fingerprint density at radius 2 is 1.88 bits per heavy atom. The van der Waals surface area contributed by atoms with Gasteiger partial charge in [-0.2, -0.15) is 0 Å². The average molecular weight is 356 g/mol. The van der Waals surface area contributed by atoms with Crippen molar-refractivity contribution < 1.29 is 18.7 Å². The van der Waals surface area contributed by atoms with Crippen LogP contribution in [0.3, 0.4) is 0 Å². The quantitative estimate of drug-likeness (QED) is 0.701. The number of fused-ring (bicyclic) bond motifs is 1. The van der Waals surface area contributed by atoms with Crippen molar-refractivity contribution in [3.63, 3.8) is 0 Å². The number of ether oxygens (including phenoxy) is 1. The van der Waals surface area contributed by atoms with Crippen molar-refractivity contribution in [3.8, 4) is 5.75 Å². The highest BCUT2D eigenvalue weighted by molar-refractivity contribution is 5.94. The van der Waals surface area contributed by atoms with Crippen molar-refractivity contribution in [2.24, 2.45) is 0 Å². The fourth-order valence-electron chi connectivity index (χ4n) is 2.31. The summed E-state index contributed by atoms with van der Waals surface area (Å²) in [4.78, 5) is 28.4. The highest BCUT2D eigenvalue weighted by atomic mass is 19.1. The van der Waals surface area contributed by atoms with E-state index in [9.17, 15) is 14.0 Å². The topological polar surface area (TPSA) is 84.7 Å². The Labute approximate surface area is 148 Å². The number of aromatic nitrogens is 2. The van der Waals surface area contributed by atoms with Gasteiger partial charge in [-0.15, -0.1) is 0 Å². The molecule has 8 heteroatoms. The van der Waals surface area contributed by atoms with Crippen LogP contribution < -0.4 is 15.6 Å². The van der Waals surface area contributed by atoms with Crippen LogP contribution in [0.15, 0.2) is 48.7 Å². The summed E-state index contributed by atoms with van der Waals surface area (Å²) in [6.07, 6.45) is 0.703. The zero-order valence-electron chi connectivity index (χ0n) is 14.2. The molecule has 1 atom stereocenters. The van der Waals surface area contributed by atoms with Gasteiger partial charge in [-0.05, 0) is 50.2 Å². The second kappa shape index (κ2) is 7.22. The van der Waals surface area contributed by atoms with Gasteiger partial charge >= 0.3 is 0 Å². The molecule has 0 saturated heterocycles. The molecule has 3 aromatic rings. The standard InChI is InChI=1S/C18H17FN4O3/c1-11-4-3-5-16-20-15(10-23(11)16)18(25)22-21-17(24)12(2)26-14-8-6-13(19)7-9-14/h3-10,12H,1-2H3,(H,21,24)(H,22,25). The van der Waals surface area contributed by atoms with E-state index < -0.39 is 23.7 Å². The molecule has 1 unspecified atom stereocenters. The molecular weight excluding hydrogens is 339 g/mol. The van der Waals surface area contributed by atoms with Gasteiger partial charge in [-0.3, -0.25) is 20.4 Å². The Hall–Kier alpha value is -3.42. The van der Waals surface area contributed by atoms with Crippen LogP contribution in [0.4, 0.5) is 4.39 Å². The molecule has 134 valence electrons. The van der Waals surface area contributed by atoms with Crippen LogP contribution in [0.25, 0.3) is 5.65 Å². The molecule has 0 aliphatic rings. The van der Waals surface area contributed by atoms with E-state index in [0.717, 1.165) is 5.69 Å². The number of carbonyl (C=O) groups is 2. The van der Waals surface area contributed by atoms with Gasteiger partial charge in [0.15, 0.2) is 6.10 Å². The van der Waals surface area contributed by atoms with Gasteiger partial charge in [-0.1, -0.05) is 6.07 Å². The molecule has 26 heavy (non-hydrogen) atoms. The lowest BCUT2D eigenvalue weighted by atomic mass is 10.3. The first-order valence-corrected chi connectivity index (χ1v) is 7.91. The molecule has 2 amide bonds. The fraction of sp³-hybridized carbons (Fsp3) is 0.167. The van der Waals surface area contributed by atoms with Crippen molar-refractivity contribution >= 4 is 17.5 Å². The molecule has 0 fully saturated rings. The minimum Gasteiger partial charge on any atom is -0.481 e. The van der Waals surface area contributed by atoms with Gasteiger partial charge in [0.25, 0.3) is 11.8 Å². The van der Waals surface area contributed by atoms with E-state index in [1.807, 2.05) is 19.1 Å². The molecule has 1 aromatic carbocycles. The predicted molar refractivity (Wildman–Crippen MR) is 92.0 cm³/mol. The monoisotopic (exact) mass is 356 g/mol. The number of aryl methyl sites for hydroxylation is 1. The van der Waals surface area contributed by atoms with Crippen molar-refractivity contribution in [2.45, 2.75) is 20.0 Å². The number of hydrogen-bond acceptors (Lipinski definition) is 4. The highest BCUT2D eigenvalue weighted by Crippen LogP contribution is 2.13. The number of benzene rings is 1. The summed E-state index contributed by atoms with van der Waals surface area (Å²) < 4.78 is 20.0. The molecule has 2 heterocycles. The third-order valence-electron chi connectivity index (χ3n) is 3.72. The normalized spacial score (nSPS) is 11.8. The molecule has 3 rings (SSSR count). The highest BCUT2D eigenvalue weighted by Gasteiger charge is 2.17. The number of nitrogens with one attached hydrogen (secondary N) is 2. The lowest BCUT2D eigenvalue weighted by molar-refractivity contribution is -0.128. The average Bonchev–Trinajstić information content (AvgIpc) is 3.07. The maximum absolute atomic E-state index is 12.9. The molecule has 0 radical (unpaired) electrons. The van der Waals surface area contributed by atoms with E-state index in [2.05, 4.69) is 15.8 Å². The lowest BCUT2D eigenvalue weighted by Gasteiger charge is -2.14. The maximum Gasteiger partial charge on any atom is 0.289 e. The second-order valence-corrected chi connectivity index (χ2v) is 5.68. The van der Waals surface area contributed by atoms with E-state index in [1.165, 1.54) is 31.2 Å². The van der Waals surface area contributed by atoms with E-state index in [4.69, 9.17) is 4.74 Å². The van der Waals surface area contributed by atoms with E-state index in [0.29, 0.717) is 11.4 Å². The maximum atomic E-state index is 12.9. The van der Waals surface area contributed by atoms with Crippen LogP contribution in [0.2, 0.25) is 0 Å². The third-order valence-corrected chi connectivity index (χ3v) is 3.72. The second-order valence-electron chi connectivity index (χ2n) is 5.68. The summed E-state index contributed by atoms with van der Waals surface area (Å²) in [7, 11) is 0. The Morgan fingerprint density at radius 1 is 1.15 bits per heavy atom. The number of pyridine rings is 1. The van der Waals surface area contributed by atoms with Gasteiger partial charge in [0, 0.05) is 11.9 Å². The SMILES string of the molecule is Cc1cccc2nc(C(=O)NNC(=O)C(C)Oc3ccc(F)cc3)cn12. The fourth-order valence-corrected chi connectivity index (χ4v) is 2.31. The predicted octanol–water partition coefficient (Wildman–Crippen LogP) is 2.01. The summed E-state index contributed by atoms with van der Waals surface area (Å²) in [5, 5.41) is 0. The Balaban J connectivity index is 1.58. The lowest BCUT2D eigenvalue weighted by Crippen LogP contribution is -2.47. The van der Waals surface area contributed by atoms with Crippen molar-refractivity contribution in [3.05, 3.63) is 65.9 Å². The third kappa shape index (κ3) is 3.80. The van der Waals surface area contributed by atoms with Gasteiger partial charge < -0.3 is 9.14 Å². The molecule has 0 saturated carbocycles.